The first kappa shape index (κ1) is 16.2. The van der Waals surface area contributed by atoms with Crippen molar-refractivity contribution in [3.05, 3.63) is 0 Å². The molecule has 2 amide bonds. The van der Waals surface area contributed by atoms with Crippen molar-refractivity contribution in [1.82, 2.24) is 25.8 Å². The van der Waals surface area contributed by atoms with Crippen LogP contribution >= 0.6 is 0 Å². The van der Waals surface area contributed by atoms with E-state index in [1.807, 2.05) is 0 Å². The quantitative estimate of drug-likeness (QED) is 0.411. The lowest BCUT2D eigenvalue weighted by molar-refractivity contribution is -0.128. The monoisotopic (exact) mass is 298 g/mol. The normalized spacial score (nSPS) is 22.7. The Morgan fingerprint density at radius 1 is 1.00 bits per heavy atom. The van der Waals surface area contributed by atoms with E-state index >= 15 is 0 Å². The fourth-order valence-electron chi connectivity index (χ4n) is 2.67. The summed E-state index contributed by atoms with van der Waals surface area (Å²) in [7, 11) is 0. The lowest BCUT2D eigenvalue weighted by Crippen LogP contribution is -2.56. The number of nitrogens with zero attached hydrogens (tertiary/aromatic N) is 2. The zero-order valence-corrected chi connectivity index (χ0v) is 12.4. The van der Waals surface area contributed by atoms with Gasteiger partial charge < -0.3 is 21.7 Å². The first-order chi connectivity index (χ1) is 10.1. The Labute approximate surface area is 125 Å². The summed E-state index contributed by atoms with van der Waals surface area (Å²) >= 11 is 0. The fraction of sp³-hybridized carbons (Fsp3) is 0.846. The van der Waals surface area contributed by atoms with Gasteiger partial charge in [0.25, 0.3) is 0 Å². The van der Waals surface area contributed by atoms with E-state index in [1.54, 1.807) is 0 Å². The molecule has 2 fully saturated rings. The Bertz CT molecular complexity index is 353. The number of primary amides is 1. The van der Waals surface area contributed by atoms with E-state index < -0.39 is 11.9 Å². The van der Waals surface area contributed by atoms with E-state index in [-0.39, 0.29) is 5.91 Å². The molecule has 0 radical (unpaired) electrons. The Kier molecular flexibility index (Phi) is 6.37. The van der Waals surface area contributed by atoms with Crippen LogP contribution in [0.15, 0.2) is 0 Å². The van der Waals surface area contributed by atoms with Gasteiger partial charge in [0.05, 0.1) is 6.54 Å². The number of piperazine rings is 2. The molecule has 21 heavy (non-hydrogen) atoms. The van der Waals surface area contributed by atoms with Gasteiger partial charge in [0.2, 0.25) is 11.8 Å². The first-order valence-corrected chi connectivity index (χ1v) is 7.60. The van der Waals surface area contributed by atoms with E-state index in [2.05, 4.69) is 25.8 Å². The highest BCUT2D eigenvalue weighted by Crippen LogP contribution is 1.97. The zero-order valence-electron chi connectivity index (χ0n) is 12.4. The molecule has 0 aromatic carbocycles. The van der Waals surface area contributed by atoms with Crippen LogP contribution in [0, 0.1) is 0 Å². The van der Waals surface area contributed by atoms with Gasteiger partial charge in [-0.2, -0.15) is 0 Å². The summed E-state index contributed by atoms with van der Waals surface area (Å²) in [6, 6.07) is -0.612. The molecule has 2 aliphatic heterocycles. The average molecular weight is 298 g/mol. The van der Waals surface area contributed by atoms with Crippen LogP contribution in [0.25, 0.3) is 0 Å². The van der Waals surface area contributed by atoms with Gasteiger partial charge in [0.1, 0.15) is 6.04 Å². The lowest BCUT2D eigenvalue weighted by Gasteiger charge is -2.31. The fourth-order valence-corrected chi connectivity index (χ4v) is 2.67. The molecule has 2 saturated heterocycles. The maximum absolute atomic E-state index is 12.1. The van der Waals surface area contributed by atoms with Crippen LogP contribution in [-0.2, 0) is 9.59 Å². The van der Waals surface area contributed by atoms with Gasteiger partial charge >= 0.3 is 0 Å². The number of carbonyl (C=O) groups is 2. The highest BCUT2D eigenvalue weighted by Gasteiger charge is 2.23. The summed E-state index contributed by atoms with van der Waals surface area (Å²) in [6.45, 7) is 7.87. The predicted octanol–water partition coefficient (Wildman–Crippen LogP) is -3.23. The van der Waals surface area contributed by atoms with Crippen LogP contribution in [0.3, 0.4) is 0 Å². The molecule has 0 aromatic heterocycles. The molecular formula is C13H26N6O2. The minimum atomic E-state index is -0.612. The Morgan fingerprint density at radius 2 is 1.52 bits per heavy atom. The zero-order chi connectivity index (χ0) is 15.1. The summed E-state index contributed by atoms with van der Waals surface area (Å²) in [4.78, 5) is 27.8. The van der Waals surface area contributed by atoms with E-state index in [0.29, 0.717) is 13.1 Å². The van der Waals surface area contributed by atoms with Crippen molar-refractivity contribution in [3.63, 3.8) is 0 Å². The largest absolute Gasteiger partial charge is 0.368 e. The van der Waals surface area contributed by atoms with Crippen LogP contribution in [0.4, 0.5) is 0 Å². The second-order valence-electron chi connectivity index (χ2n) is 5.60. The molecule has 8 heteroatoms. The number of amides is 2. The smallest absolute Gasteiger partial charge is 0.241 e. The summed E-state index contributed by atoms with van der Waals surface area (Å²) in [5.41, 5.74) is 5.42. The number of carbonyl (C=O) groups excluding carboxylic acids is 2. The molecule has 8 nitrogen and oxygen atoms in total. The van der Waals surface area contributed by atoms with E-state index in [0.717, 1.165) is 52.4 Å². The van der Waals surface area contributed by atoms with Crippen LogP contribution < -0.4 is 21.7 Å². The van der Waals surface area contributed by atoms with Gasteiger partial charge in [-0.1, -0.05) is 0 Å². The van der Waals surface area contributed by atoms with Gasteiger partial charge in [-0.3, -0.25) is 19.4 Å². The summed E-state index contributed by atoms with van der Waals surface area (Å²) in [5.74, 6) is -0.599. The SMILES string of the molecule is NC(=O)C(CN1CCNCC1)NC(=O)CN1CCNCC1. The van der Waals surface area contributed by atoms with Gasteiger partial charge in [-0.15, -0.1) is 0 Å². The molecule has 1 atom stereocenters. The maximum Gasteiger partial charge on any atom is 0.241 e. The highest BCUT2D eigenvalue weighted by molar-refractivity contribution is 5.87. The number of rotatable bonds is 6. The Hall–Kier alpha value is -1.22. The molecule has 2 aliphatic rings. The first-order valence-electron chi connectivity index (χ1n) is 7.60. The molecule has 2 rings (SSSR count). The molecule has 1 unspecified atom stereocenters. The van der Waals surface area contributed by atoms with E-state index in [1.165, 1.54) is 0 Å². The topological polar surface area (TPSA) is 103 Å². The van der Waals surface area contributed by atoms with Gasteiger partial charge in [0.15, 0.2) is 0 Å². The second-order valence-corrected chi connectivity index (χ2v) is 5.60. The molecule has 0 aliphatic carbocycles. The third-order valence-corrected chi connectivity index (χ3v) is 3.91. The standard InChI is InChI=1S/C13H26N6O2/c14-13(21)11(9-18-5-1-15-2-6-18)17-12(20)10-19-7-3-16-4-8-19/h11,15-16H,1-10H2,(H2,14,21)(H,17,20). The molecule has 5 N–H and O–H groups in total. The predicted molar refractivity (Wildman–Crippen MR) is 79.7 cm³/mol. The number of hydrogen-bond donors (Lipinski definition) is 4. The maximum atomic E-state index is 12.1. The summed E-state index contributed by atoms with van der Waals surface area (Å²) in [5, 5.41) is 9.27. The van der Waals surface area contributed by atoms with Crippen LogP contribution in [0.1, 0.15) is 0 Å². The van der Waals surface area contributed by atoms with Crippen molar-refractivity contribution in [2.24, 2.45) is 5.73 Å². The molecule has 120 valence electrons. The minimum absolute atomic E-state index is 0.129. The van der Waals surface area contributed by atoms with Crippen LogP contribution in [0.5, 0.6) is 0 Å². The molecule has 0 spiro atoms. The van der Waals surface area contributed by atoms with Crippen LogP contribution in [-0.4, -0.2) is 93.1 Å². The summed E-state index contributed by atoms with van der Waals surface area (Å²) < 4.78 is 0. The second kappa shape index (κ2) is 8.28. The van der Waals surface area contributed by atoms with Gasteiger partial charge in [-0.25, -0.2) is 0 Å². The third kappa shape index (κ3) is 5.58. The van der Waals surface area contributed by atoms with Crippen molar-refractivity contribution in [2.45, 2.75) is 6.04 Å². The number of hydrogen-bond acceptors (Lipinski definition) is 6. The van der Waals surface area contributed by atoms with E-state index in [4.69, 9.17) is 5.73 Å². The van der Waals surface area contributed by atoms with Crippen molar-refractivity contribution < 1.29 is 9.59 Å². The number of nitrogens with two attached hydrogens (primary N) is 1. The van der Waals surface area contributed by atoms with E-state index in [9.17, 15) is 9.59 Å². The molecule has 2 heterocycles. The summed E-state index contributed by atoms with van der Waals surface area (Å²) in [6.07, 6.45) is 0. The lowest BCUT2D eigenvalue weighted by atomic mass is 10.2. The number of nitrogens with one attached hydrogen (secondary N) is 3. The van der Waals surface area contributed by atoms with Crippen molar-refractivity contribution in [3.8, 4) is 0 Å². The van der Waals surface area contributed by atoms with Gasteiger partial charge in [-0.05, 0) is 0 Å². The average Bonchev–Trinajstić information content (AvgIpc) is 2.48. The molecule has 0 aromatic rings. The van der Waals surface area contributed by atoms with Gasteiger partial charge in [0, 0.05) is 58.9 Å². The van der Waals surface area contributed by atoms with Crippen molar-refractivity contribution in [2.75, 3.05) is 65.4 Å². The molecule has 0 saturated carbocycles. The van der Waals surface area contributed by atoms with Crippen molar-refractivity contribution in [1.29, 1.82) is 0 Å². The highest BCUT2D eigenvalue weighted by atomic mass is 16.2. The third-order valence-electron chi connectivity index (χ3n) is 3.91. The van der Waals surface area contributed by atoms with Crippen LogP contribution in [0.2, 0.25) is 0 Å². The molecule has 0 bridgehead atoms. The minimum Gasteiger partial charge on any atom is -0.368 e. The molecular weight excluding hydrogens is 272 g/mol. The Balaban J connectivity index is 1.77. The Morgan fingerprint density at radius 3 is 2.05 bits per heavy atom. The van der Waals surface area contributed by atoms with Crippen molar-refractivity contribution >= 4 is 11.8 Å².